The minimum absolute atomic E-state index is 0.292. The number of hydrogen-bond acceptors (Lipinski definition) is 7. The van der Waals surface area contributed by atoms with E-state index >= 15 is 0 Å². The molecule has 0 atom stereocenters. The number of aliphatic hydroxyl groups is 1. The smallest absolute Gasteiger partial charge is 0.414 e. The molecular formula is C20H25N5O4. The van der Waals surface area contributed by atoms with Gasteiger partial charge in [-0.05, 0) is 39.0 Å². The van der Waals surface area contributed by atoms with E-state index in [0.29, 0.717) is 55.6 Å². The van der Waals surface area contributed by atoms with E-state index in [1.807, 2.05) is 29.7 Å². The zero-order valence-electron chi connectivity index (χ0n) is 16.8. The number of amides is 1. The van der Waals surface area contributed by atoms with Crippen LogP contribution in [0.1, 0.15) is 26.6 Å². The van der Waals surface area contributed by atoms with Crippen molar-refractivity contribution in [2.75, 3.05) is 30.4 Å². The number of cyclic esters (lactones) is 1. The van der Waals surface area contributed by atoms with Gasteiger partial charge in [-0.2, -0.15) is 0 Å². The van der Waals surface area contributed by atoms with Gasteiger partial charge >= 0.3 is 6.09 Å². The maximum atomic E-state index is 12.0. The van der Waals surface area contributed by atoms with Crippen molar-refractivity contribution in [2.45, 2.75) is 39.5 Å². The molecule has 9 heteroatoms. The largest absolute Gasteiger partial charge is 0.447 e. The molecule has 0 spiro atoms. The van der Waals surface area contributed by atoms with Crippen LogP contribution in [0.2, 0.25) is 0 Å². The molecule has 1 amide bonds. The quantitative estimate of drug-likeness (QED) is 0.654. The minimum atomic E-state index is -0.977. The van der Waals surface area contributed by atoms with E-state index in [4.69, 9.17) is 15.2 Å². The lowest BCUT2D eigenvalue weighted by Gasteiger charge is -2.21. The van der Waals surface area contributed by atoms with Crippen LogP contribution in [0.5, 0.6) is 0 Å². The molecule has 1 aromatic carbocycles. The van der Waals surface area contributed by atoms with E-state index in [2.05, 4.69) is 9.97 Å². The number of nitrogens with zero attached hydrogens (tertiary/aromatic N) is 4. The van der Waals surface area contributed by atoms with E-state index in [9.17, 15) is 9.90 Å². The first-order valence-electron chi connectivity index (χ1n) is 9.61. The summed E-state index contributed by atoms with van der Waals surface area (Å²) >= 11 is 0. The number of anilines is 2. The summed E-state index contributed by atoms with van der Waals surface area (Å²) in [6.45, 7) is 7.39. The molecule has 29 heavy (non-hydrogen) atoms. The zero-order valence-corrected chi connectivity index (χ0v) is 16.8. The number of aromatic nitrogens is 3. The Morgan fingerprint density at radius 3 is 2.79 bits per heavy atom. The Morgan fingerprint density at radius 1 is 1.34 bits per heavy atom. The van der Waals surface area contributed by atoms with Crippen molar-refractivity contribution in [1.29, 1.82) is 0 Å². The Morgan fingerprint density at radius 2 is 2.14 bits per heavy atom. The summed E-state index contributed by atoms with van der Waals surface area (Å²) in [7, 11) is 0. The summed E-state index contributed by atoms with van der Waals surface area (Å²) in [6, 6.07) is 5.55. The maximum Gasteiger partial charge on any atom is 0.414 e. The van der Waals surface area contributed by atoms with Crippen molar-refractivity contribution in [2.24, 2.45) is 0 Å². The standard InChI is InChI=1S/C20H25N5O4/c1-4-28-10-15-23-16-17(25(15)11-20(2,3)27)13-9-12(24-7-8-29-19(24)26)5-6-14(13)22-18(16)21/h5-6,9,27H,4,7-8,10-11H2,1-3H3,(H2,21,22). The molecule has 0 saturated carbocycles. The first-order valence-corrected chi connectivity index (χ1v) is 9.61. The van der Waals surface area contributed by atoms with Crippen LogP contribution in [0.3, 0.4) is 0 Å². The number of pyridine rings is 1. The highest BCUT2D eigenvalue weighted by Gasteiger charge is 2.26. The first-order chi connectivity index (χ1) is 13.8. The van der Waals surface area contributed by atoms with Gasteiger partial charge < -0.3 is 24.9 Å². The van der Waals surface area contributed by atoms with Crippen LogP contribution in [0.15, 0.2) is 18.2 Å². The van der Waals surface area contributed by atoms with Crippen LogP contribution in [0.4, 0.5) is 16.3 Å². The minimum Gasteiger partial charge on any atom is -0.447 e. The molecule has 4 rings (SSSR count). The fourth-order valence-corrected chi connectivity index (χ4v) is 3.60. The molecule has 2 aromatic heterocycles. The molecule has 3 aromatic rings. The van der Waals surface area contributed by atoms with Crippen LogP contribution in [-0.2, 0) is 22.6 Å². The van der Waals surface area contributed by atoms with Crippen molar-refractivity contribution >= 4 is 39.5 Å². The Bertz CT molecular complexity index is 1090. The monoisotopic (exact) mass is 399 g/mol. The lowest BCUT2D eigenvalue weighted by atomic mass is 10.1. The van der Waals surface area contributed by atoms with Gasteiger partial charge in [0, 0.05) is 17.7 Å². The predicted molar refractivity (Wildman–Crippen MR) is 110 cm³/mol. The summed E-state index contributed by atoms with van der Waals surface area (Å²) in [5, 5.41) is 11.3. The Kier molecular flexibility index (Phi) is 4.79. The van der Waals surface area contributed by atoms with Gasteiger partial charge in [-0.3, -0.25) is 4.90 Å². The molecule has 0 radical (unpaired) electrons. The van der Waals surface area contributed by atoms with E-state index in [1.165, 1.54) is 0 Å². The molecule has 1 fully saturated rings. The predicted octanol–water partition coefficient (Wildman–Crippen LogP) is 2.43. The number of carbonyl (C=O) groups excluding carboxylic acids is 1. The van der Waals surface area contributed by atoms with Gasteiger partial charge in [0.15, 0.2) is 5.82 Å². The van der Waals surface area contributed by atoms with Crippen molar-refractivity contribution in [3.8, 4) is 0 Å². The van der Waals surface area contributed by atoms with Gasteiger partial charge in [-0.15, -0.1) is 0 Å². The number of ether oxygens (including phenoxy) is 2. The van der Waals surface area contributed by atoms with Crippen LogP contribution >= 0.6 is 0 Å². The topological polar surface area (TPSA) is 116 Å². The highest BCUT2D eigenvalue weighted by molar-refractivity contribution is 6.08. The molecule has 0 bridgehead atoms. The number of nitrogens with two attached hydrogens (primary N) is 1. The number of fused-ring (bicyclic) bond motifs is 3. The number of benzene rings is 1. The third kappa shape index (κ3) is 3.58. The lowest BCUT2D eigenvalue weighted by molar-refractivity contribution is 0.0582. The van der Waals surface area contributed by atoms with Crippen molar-refractivity contribution in [3.63, 3.8) is 0 Å². The SMILES string of the molecule is CCOCc1nc2c(N)nc3ccc(N4CCOC4=O)cc3c2n1CC(C)(C)O. The van der Waals surface area contributed by atoms with Crippen molar-refractivity contribution in [1.82, 2.24) is 14.5 Å². The van der Waals surface area contributed by atoms with E-state index in [-0.39, 0.29) is 6.09 Å². The molecule has 3 heterocycles. The third-order valence-corrected chi connectivity index (χ3v) is 4.82. The summed E-state index contributed by atoms with van der Waals surface area (Å²) in [6.07, 6.45) is -0.369. The average molecular weight is 399 g/mol. The summed E-state index contributed by atoms with van der Waals surface area (Å²) in [4.78, 5) is 22.7. The van der Waals surface area contributed by atoms with E-state index in [1.54, 1.807) is 18.7 Å². The van der Waals surface area contributed by atoms with Gasteiger partial charge in [-0.1, -0.05) is 0 Å². The normalized spacial score (nSPS) is 14.9. The second-order valence-electron chi connectivity index (χ2n) is 7.73. The van der Waals surface area contributed by atoms with E-state index < -0.39 is 5.60 Å². The van der Waals surface area contributed by atoms with Gasteiger partial charge in [0.25, 0.3) is 0 Å². The number of hydrogen-bond donors (Lipinski definition) is 2. The van der Waals surface area contributed by atoms with Crippen LogP contribution in [0.25, 0.3) is 21.9 Å². The van der Waals surface area contributed by atoms with Gasteiger partial charge in [0.05, 0.1) is 29.7 Å². The lowest BCUT2D eigenvalue weighted by Crippen LogP contribution is -2.27. The molecule has 1 aliphatic heterocycles. The molecule has 9 nitrogen and oxygen atoms in total. The molecular weight excluding hydrogens is 374 g/mol. The fraction of sp³-hybridized carbons (Fsp3) is 0.450. The molecule has 3 N–H and O–H groups in total. The van der Waals surface area contributed by atoms with Gasteiger partial charge in [0.2, 0.25) is 0 Å². The average Bonchev–Trinajstić information content (AvgIpc) is 3.23. The summed E-state index contributed by atoms with van der Waals surface area (Å²) in [5.74, 6) is 0.976. The number of rotatable bonds is 6. The second kappa shape index (κ2) is 7.16. The van der Waals surface area contributed by atoms with Gasteiger partial charge in [-0.25, -0.2) is 14.8 Å². The molecule has 1 saturated heterocycles. The second-order valence-corrected chi connectivity index (χ2v) is 7.73. The molecule has 154 valence electrons. The highest BCUT2D eigenvalue weighted by atomic mass is 16.6. The van der Waals surface area contributed by atoms with Crippen molar-refractivity contribution < 1.29 is 19.4 Å². The fourth-order valence-electron chi connectivity index (χ4n) is 3.60. The summed E-state index contributed by atoms with van der Waals surface area (Å²) in [5.41, 5.74) is 7.95. The van der Waals surface area contributed by atoms with Crippen molar-refractivity contribution in [3.05, 3.63) is 24.0 Å². The van der Waals surface area contributed by atoms with Crippen LogP contribution in [0, 0.1) is 0 Å². The highest BCUT2D eigenvalue weighted by Crippen LogP contribution is 2.33. The molecule has 0 aliphatic carbocycles. The maximum absolute atomic E-state index is 12.0. The Labute approximate surface area is 168 Å². The molecule has 0 unspecified atom stereocenters. The number of nitrogen functional groups attached to an aromatic ring is 1. The zero-order chi connectivity index (χ0) is 20.8. The van der Waals surface area contributed by atoms with Crippen LogP contribution in [-0.4, -0.2) is 51.1 Å². The Balaban J connectivity index is 1.97. The summed E-state index contributed by atoms with van der Waals surface area (Å²) < 4.78 is 12.6. The Hall–Kier alpha value is -2.91. The third-order valence-electron chi connectivity index (χ3n) is 4.82. The van der Waals surface area contributed by atoms with Crippen LogP contribution < -0.4 is 10.6 Å². The molecule has 1 aliphatic rings. The van der Waals surface area contributed by atoms with Gasteiger partial charge in [0.1, 0.15) is 24.6 Å². The first kappa shape index (κ1) is 19.4. The number of carbonyl (C=O) groups is 1. The van der Waals surface area contributed by atoms with E-state index in [0.717, 1.165) is 16.6 Å². The number of imidazole rings is 1.